The minimum absolute atomic E-state index is 0.125. The molecule has 0 saturated carbocycles. The van der Waals surface area contributed by atoms with Gasteiger partial charge in [-0.1, -0.05) is 36.8 Å². The van der Waals surface area contributed by atoms with E-state index in [9.17, 15) is 13.2 Å². The van der Waals surface area contributed by atoms with Crippen molar-refractivity contribution in [1.29, 1.82) is 0 Å². The Morgan fingerprint density at radius 1 is 1.08 bits per heavy atom. The molecule has 140 valence electrons. The van der Waals surface area contributed by atoms with Crippen LogP contribution in [0.25, 0.3) is 0 Å². The Kier molecular flexibility index (Phi) is 6.76. The lowest BCUT2D eigenvalue weighted by atomic mass is 10.1. The highest BCUT2D eigenvalue weighted by atomic mass is 32.2. The molecule has 0 aliphatic heterocycles. The lowest BCUT2D eigenvalue weighted by molar-refractivity contribution is 0.0951. The SMILES string of the molecule is CCN[C@H](C)CNC(=O)c1ccccc1NS(=O)(=O)c1ccc(C)cc1. The van der Waals surface area contributed by atoms with Gasteiger partial charge in [-0.25, -0.2) is 8.42 Å². The molecular weight excluding hydrogens is 350 g/mol. The smallest absolute Gasteiger partial charge is 0.261 e. The van der Waals surface area contributed by atoms with E-state index in [1.807, 2.05) is 20.8 Å². The molecule has 0 spiro atoms. The van der Waals surface area contributed by atoms with Crippen molar-refractivity contribution >= 4 is 21.6 Å². The fourth-order valence-electron chi connectivity index (χ4n) is 2.45. The van der Waals surface area contributed by atoms with Gasteiger partial charge in [0.05, 0.1) is 16.1 Å². The molecule has 7 heteroatoms. The second-order valence-corrected chi connectivity index (χ2v) is 7.82. The minimum Gasteiger partial charge on any atom is -0.350 e. The third-order valence-electron chi connectivity index (χ3n) is 3.87. The van der Waals surface area contributed by atoms with Crippen molar-refractivity contribution in [3.63, 3.8) is 0 Å². The van der Waals surface area contributed by atoms with Crippen LogP contribution < -0.4 is 15.4 Å². The zero-order valence-corrected chi connectivity index (χ0v) is 16.1. The summed E-state index contributed by atoms with van der Waals surface area (Å²) in [5, 5.41) is 6.03. The number of para-hydroxylation sites is 1. The van der Waals surface area contributed by atoms with E-state index in [1.54, 1.807) is 48.5 Å². The molecule has 1 amide bonds. The number of carbonyl (C=O) groups excluding carboxylic acids is 1. The van der Waals surface area contributed by atoms with Gasteiger partial charge < -0.3 is 10.6 Å². The average molecular weight is 375 g/mol. The van der Waals surface area contributed by atoms with Crippen LogP contribution in [0, 0.1) is 6.92 Å². The summed E-state index contributed by atoms with van der Waals surface area (Å²) in [5.41, 5.74) is 1.51. The van der Waals surface area contributed by atoms with Crippen molar-refractivity contribution in [3.8, 4) is 0 Å². The number of carbonyl (C=O) groups is 1. The van der Waals surface area contributed by atoms with Crippen LogP contribution >= 0.6 is 0 Å². The molecular formula is C19H25N3O3S. The van der Waals surface area contributed by atoms with Gasteiger partial charge in [0.25, 0.3) is 15.9 Å². The van der Waals surface area contributed by atoms with Gasteiger partial charge in [-0.05, 0) is 44.7 Å². The first kappa shape index (κ1) is 19.9. The molecule has 0 radical (unpaired) electrons. The molecule has 2 aromatic rings. The maximum atomic E-state index is 12.6. The van der Waals surface area contributed by atoms with Crippen molar-refractivity contribution < 1.29 is 13.2 Å². The second-order valence-electron chi connectivity index (χ2n) is 6.13. The molecule has 0 unspecified atom stereocenters. The largest absolute Gasteiger partial charge is 0.350 e. The summed E-state index contributed by atoms with van der Waals surface area (Å²) in [6, 6.07) is 13.2. The fourth-order valence-corrected chi connectivity index (χ4v) is 3.53. The highest BCUT2D eigenvalue weighted by molar-refractivity contribution is 7.92. The van der Waals surface area contributed by atoms with Crippen LogP contribution in [0.4, 0.5) is 5.69 Å². The normalized spacial score (nSPS) is 12.4. The van der Waals surface area contributed by atoms with Crippen molar-refractivity contribution in [2.24, 2.45) is 0 Å². The Hall–Kier alpha value is -2.38. The molecule has 0 aliphatic carbocycles. The summed E-state index contributed by atoms with van der Waals surface area (Å²) in [7, 11) is -3.77. The molecule has 26 heavy (non-hydrogen) atoms. The van der Waals surface area contributed by atoms with E-state index in [1.165, 1.54) is 0 Å². The number of likely N-dealkylation sites (N-methyl/N-ethyl adjacent to an activating group) is 1. The van der Waals surface area contributed by atoms with E-state index in [2.05, 4.69) is 15.4 Å². The molecule has 1 atom stereocenters. The number of nitrogens with one attached hydrogen (secondary N) is 3. The number of benzene rings is 2. The van der Waals surface area contributed by atoms with Crippen LogP contribution in [-0.2, 0) is 10.0 Å². The van der Waals surface area contributed by atoms with Crippen LogP contribution in [0.5, 0.6) is 0 Å². The van der Waals surface area contributed by atoms with E-state index >= 15 is 0 Å². The van der Waals surface area contributed by atoms with E-state index in [-0.39, 0.29) is 28.1 Å². The number of hydrogen-bond donors (Lipinski definition) is 3. The number of amides is 1. The summed E-state index contributed by atoms with van der Waals surface area (Å²) in [6.07, 6.45) is 0. The van der Waals surface area contributed by atoms with Gasteiger partial charge in [0.2, 0.25) is 0 Å². The quantitative estimate of drug-likeness (QED) is 0.662. The van der Waals surface area contributed by atoms with E-state index in [4.69, 9.17) is 0 Å². The van der Waals surface area contributed by atoms with Crippen LogP contribution in [-0.4, -0.2) is 33.5 Å². The van der Waals surface area contributed by atoms with Crippen molar-refractivity contribution in [2.45, 2.75) is 31.7 Å². The van der Waals surface area contributed by atoms with E-state index in [0.717, 1.165) is 12.1 Å². The topological polar surface area (TPSA) is 87.3 Å². The predicted molar refractivity (Wildman–Crippen MR) is 104 cm³/mol. The number of anilines is 1. The van der Waals surface area contributed by atoms with Crippen molar-refractivity contribution in [1.82, 2.24) is 10.6 Å². The summed E-state index contributed by atoms with van der Waals surface area (Å²) in [4.78, 5) is 12.6. The van der Waals surface area contributed by atoms with Gasteiger partial charge in [-0.3, -0.25) is 9.52 Å². The molecule has 0 saturated heterocycles. The summed E-state index contributed by atoms with van der Waals surface area (Å²) in [6.45, 7) is 7.11. The number of aryl methyl sites for hydroxylation is 1. The molecule has 0 bridgehead atoms. The first-order valence-corrected chi connectivity index (χ1v) is 10.0. The Morgan fingerprint density at radius 3 is 2.38 bits per heavy atom. The third-order valence-corrected chi connectivity index (χ3v) is 5.25. The molecule has 0 fully saturated rings. The van der Waals surface area contributed by atoms with Gasteiger partial charge in [0, 0.05) is 12.6 Å². The van der Waals surface area contributed by atoms with Crippen molar-refractivity contribution in [3.05, 3.63) is 59.7 Å². The van der Waals surface area contributed by atoms with Gasteiger partial charge in [-0.15, -0.1) is 0 Å². The molecule has 0 heterocycles. The predicted octanol–water partition coefficient (Wildman–Crippen LogP) is 2.52. The monoisotopic (exact) mass is 375 g/mol. The van der Waals surface area contributed by atoms with Crippen LogP contribution in [0.3, 0.4) is 0 Å². The van der Waals surface area contributed by atoms with Gasteiger partial charge >= 0.3 is 0 Å². The standard InChI is InChI=1S/C19H25N3O3S/c1-4-20-15(3)13-21-19(23)17-7-5-6-8-18(17)22-26(24,25)16-11-9-14(2)10-12-16/h5-12,15,20,22H,4,13H2,1-3H3,(H,21,23)/t15-/m1/s1. The molecule has 3 N–H and O–H groups in total. The van der Waals surface area contributed by atoms with Crippen LogP contribution in [0.1, 0.15) is 29.8 Å². The molecule has 6 nitrogen and oxygen atoms in total. The molecule has 2 aromatic carbocycles. The van der Waals surface area contributed by atoms with Gasteiger partial charge in [0.1, 0.15) is 0 Å². The average Bonchev–Trinajstić information content (AvgIpc) is 2.60. The van der Waals surface area contributed by atoms with Gasteiger partial charge in [0.15, 0.2) is 0 Å². The number of sulfonamides is 1. The number of rotatable bonds is 8. The summed E-state index contributed by atoms with van der Waals surface area (Å²) in [5.74, 6) is -0.322. The van der Waals surface area contributed by atoms with Crippen LogP contribution in [0.2, 0.25) is 0 Å². The van der Waals surface area contributed by atoms with Crippen LogP contribution in [0.15, 0.2) is 53.4 Å². The first-order valence-electron chi connectivity index (χ1n) is 8.53. The Labute approximate surface area is 155 Å². The lowest BCUT2D eigenvalue weighted by Gasteiger charge is -2.15. The summed E-state index contributed by atoms with van der Waals surface area (Å²) >= 11 is 0. The fraction of sp³-hybridized carbons (Fsp3) is 0.316. The highest BCUT2D eigenvalue weighted by Crippen LogP contribution is 2.20. The van der Waals surface area contributed by atoms with Gasteiger partial charge in [-0.2, -0.15) is 0 Å². The third kappa shape index (κ3) is 5.31. The van der Waals surface area contributed by atoms with E-state index in [0.29, 0.717) is 6.54 Å². The maximum Gasteiger partial charge on any atom is 0.261 e. The second kappa shape index (κ2) is 8.82. The zero-order valence-electron chi connectivity index (χ0n) is 15.2. The van der Waals surface area contributed by atoms with E-state index < -0.39 is 10.0 Å². The molecule has 0 aromatic heterocycles. The first-order chi connectivity index (χ1) is 12.3. The number of hydrogen-bond acceptors (Lipinski definition) is 4. The minimum atomic E-state index is -3.77. The Morgan fingerprint density at radius 2 is 1.73 bits per heavy atom. The Bertz CT molecular complexity index is 849. The highest BCUT2D eigenvalue weighted by Gasteiger charge is 2.18. The lowest BCUT2D eigenvalue weighted by Crippen LogP contribution is -2.39. The Balaban J connectivity index is 2.18. The zero-order chi connectivity index (χ0) is 19.2. The molecule has 0 aliphatic rings. The molecule has 2 rings (SSSR count). The maximum absolute atomic E-state index is 12.6. The summed E-state index contributed by atoms with van der Waals surface area (Å²) < 4.78 is 27.7. The van der Waals surface area contributed by atoms with Crippen molar-refractivity contribution in [2.75, 3.05) is 17.8 Å².